The molecule has 4 heteroatoms. The van der Waals surface area contributed by atoms with E-state index in [1.807, 2.05) is 11.8 Å². The van der Waals surface area contributed by atoms with Crippen molar-refractivity contribution in [3.8, 4) is 0 Å². The third kappa shape index (κ3) is 2.32. The molecule has 3 atom stereocenters. The predicted octanol–water partition coefficient (Wildman–Crippen LogP) is 3.15. The van der Waals surface area contributed by atoms with Crippen molar-refractivity contribution in [2.75, 3.05) is 12.8 Å². The minimum atomic E-state index is 0.532. The fourth-order valence-electron chi connectivity index (χ4n) is 3.47. The molecule has 2 aliphatic rings. The van der Waals surface area contributed by atoms with E-state index >= 15 is 0 Å². The summed E-state index contributed by atoms with van der Waals surface area (Å²) < 4.78 is 2.47. The van der Waals surface area contributed by atoms with Crippen LogP contribution in [0, 0.1) is 0 Å². The van der Waals surface area contributed by atoms with Gasteiger partial charge in [-0.25, -0.2) is 4.98 Å². The fraction of sp³-hybridized carbons (Fsp3) is 0.786. The highest BCUT2D eigenvalue weighted by Crippen LogP contribution is 2.39. The topological polar surface area (TPSA) is 29.9 Å². The molecule has 3 nitrogen and oxygen atoms in total. The van der Waals surface area contributed by atoms with Crippen molar-refractivity contribution < 1.29 is 0 Å². The number of thioether (sulfide) groups is 1. The van der Waals surface area contributed by atoms with E-state index in [0.717, 1.165) is 11.8 Å². The molecule has 1 N–H and O–H groups in total. The van der Waals surface area contributed by atoms with E-state index in [4.69, 9.17) is 0 Å². The Morgan fingerprint density at radius 3 is 3.00 bits per heavy atom. The van der Waals surface area contributed by atoms with Gasteiger partial charge in [-0.15, -0.1) is 0 Å². The number of hydrogen-bond acceptors (Lipinski definition) is 3. The molecule has 0 amide bonds. The average Bonchev–Trinajstić information content (AvgIpc) is 3.07. The number of imidazole rings is 1. The van der Waals surface area contributed by atoms with E-state index in [0.29, 0.717) is 12.1 Å². The molecule has 0 spiro atoms. The Bertz CT molecular complexity index is 384. The lowest BCUT2D eigenvalue weighted by Crippen LogP contribution is -2.30. The van der Waals surface area contributed by atoms with Crippen molar-refractivity contribution in [1.29, 1.82) is 0 Å². The van der Waals surface area contributed by atoms with Crippen molar-refractivity contribution in [3.05, 3.63) is 18.2 Å². The van der Waals surface area contributed by atoms with Crippen LogP contribution in [0.1, 0.15) is 56.3 Å². The van der Waals surface area contributed by atoms with Gasteiger partial charge in [0.05, 0.1) is 12.0 Å². The summed E-state index contributed by atoms with van der Waals surface area (Å²) in [6.45, 7) is 1.16. The second kappa shape index (κ2) is 5.66. The van der Waals surface area contributed by atoms with Crippen LogP contribution < -0.4 is 5.32 Å². The Balaban J connectivity index is 1.81. The standard InChI is InChI=1S/C14H23N3S/c1-18-14-7-4-6-12(14)17-10-15-9-13(17)11-5-2-3-8-16-11/h9-12,14,16H,2-8H2,1H3. The van der Waals surface area contributed by atoms with Gasteiger partial charge in [-0.3, -0.25) is 0 Å². The summed E-state index contributed by atoms with van der Waals surface area (Å²) in [7, 11) is 0. The monoisotopic (exact) mass is 265 g/mol. The molecule has 1 aromatic rings. The third-order valence-corrected chi connectivity index (χ3v) is 5.60. The first kappa shape index (κ1) is 12.5. The van der Waals surface area contributed by atoms with Gasteiger partial charge in [0, 0.05) is 23.5 Å². The number of nitrogens with zero attached hydrogens (tertiary/aromatic N) is 2. The van der Waals surface area contributed by atoms with Crippen molar-refractivity contribution in [3.63, 3.8) is 0 Å². The summed E-state index contributed by atoms with van der Waals surface area (Å²) in [6, 6.07) is 1.20. The molecule has 0 aromatic carbocycles. The lowest BCUT2D eigenvalue weighted by Gasteiger charge is -2.28. The van der Waals surface area contributed by atoms with Crippen LogP contribution in [0.3, 0.4) is 0 Å². The van der Waals surface area contributed by atoms with Gasteiger partial charge in [-0.05, 0) is 38.5 Å². The molecule has 1 saturated carbocycles. The van der Waals surface area contributed by atoms with Crippen LogP contribution in [-0.4, -0.2) is 27.6 Å². The Labute approximate surface area is 114 Å². The summed E-state index contributed by atoms with van der Waals surface area (Å²) in [4.78, 5) is 4.42. The van der Waals surface area contributed by atoms with Gasteiger partial charge in [0.1, 0.15) is 0 Å². The highest BCUT2D eigenvalue weighted by Gasteiger charge is 2.30. The molecular weight excluding hydrogens is 242 g/mol. The van der Waals surface area contributed by atoms with Crippen LogP contribution in [-0.2, 0) is 0 Å². The van der Waals surface area contributed by atoms with E-state index in [9.17, 15) is 0 Å². The minimum Gasteiger partial charge on any atom is -0.329 e. The quantitative estimate of drug-likeness (QED) is 0.910. The molecule has 1 saturated heterocycles. The van der Waals surface area contributed by atoms with Gasteiger partial charge in [-0.2, -0.15) is 11.8 Å². The molecular formula is C14H23N3S. The van der Waals surface area contributed by atoms with E-state index in [2.05, 4.69) is 33.6 Å². The van der Waals surface area contributed by atoms with Crippen LogP contribution in [0.2, 0.25) is 0 Å². The van der Waals surface area contributed by atoms with Gasteiger partial charge in [0.2, 0.25) is 0 Å². The number of rotatable bonds is 3. The van der Waals surface area contributed by atoms with Crippen molar-refractivity contribution in [2.45, 2.75) is 55.9 Å². The summed E-state index contributed by atoms with van der Waals surface area (Å²) in [5, 5.41) is 4.43. The summed E-state index contributed by atoms with van der Waals surface area (Å²) in [5.41, 5.74) is 1.42. The van der Waals surface area contributed by atoms with Crippen molar-refractivity contribution >= 4 is 11.8 Å². The first-order valence-electron chi connectivity index (χ1n) is 7.18. The lowest BCUT2D eigenvalue weighted by atomic mass is 10.0. The number of piperidine rings is 1. The molecule has 0 bridgehead atoms. The van der Waals surface area contributed by atoms with Crippen molar-refractivity contribution in [1.82, 2.24) is 14.9 Å². The molecule has 0 radical (unpaired) electrons. The average molecular weight is 265 g/mol. The van der Waals surface area contributed by atoms with Gasteiger partial charge in [0.15, 0.2) is 0 Å². The second-order valence-corrected chi connectivity index (χ2v) is 6.58. The fourth-order valence-corrected chi connectivity index (χ4v) is 4.45. The second-order valence-electron chi connectivity index (χ2n) is 5.50. The molecule has 1 aliphatic heterocycles. The summed E-state index contributed by atoms with van der Waals surface area (Å²) in [6.07, 6.45) is 14.4. The lowest BCUT2D eigenvalue weighted by molar-refractivity contribution is 0.380. The maximum Gasteiger partial charge on any atom is 0.0951 e. The predicted molar refractivity (Wildman–Crippen MR) is 77.0 cm³/mol. The summed E-state index contributed by atoms with van der Waals surface area (Å²) in [5.74, 6) is 0. The third-order valence-electron chi connectivity index (χ3n) is 4.44. The van der Waals surface area contributed by atoms with Crippen LogP contribution >= 0.6 is 11.8 Å². The Kier molecular flexibility index (Phi) is 3.94. The first-order valence-corrected chi connectivity index (χ1v) is 8.47. The molecule has 3 rings (SSSR count). The summed E-state index contributed by atoms with van der Waals surface area (Å²) >= 11 is 2.03. The normalized spacial score (nSPS) is 32.8. The first-order chi connectivity index (χ1) is 8.90. The molecule has 3 unspecified atom stereocenters. The largest absolute Gasteiger partial charge is 0.329 e. The maximum atomic E-state index is 4.42. The Morgan fingerprint density at radius 2 is 2.22 bits per heavy atom. The van der Waals surface area contributed by atoms with Crippen LogP contribution in [0.15, 0.2) is 12.5 Å². The zero-order valence-electron chi connectivity index (χ0n) is 11.1. The molecule has 2 heterocycles. The number of aromatic nitrogens is 2. The smallest absolute Gasteiger partial charge is 0.0951 e. The molecule has 1 aliphatic carbocycles. The Morgan fingerprint density at radius 1 is 1.28 bits per heavy atom. The van der Waals surface area contributed by atoms with Crippen molar-refractivity contribution in [2.24, 2.45) is 0 Å². The minimum absolute atomic E-state index is 0.532. The number of hydrogen-bond donors (Lipinski definition) is 1. The molecule has 1 aromatic heterocycles. The van der Waals surface area contributed by atoms with Crippen LogP contribution in [0.25, 0.3) is 0 Å². The van der Waals surface area contributed by atoms with Gasteiger partial charge in [-0.1, -0.05) is 12.8 Å². The van der Waals surface area contributed by atoms with Gasteiger partial charge >= 0.3 is 0 Å². The van der Waals surface area contributed by atoms with E-state index in [1.165, 1.54) is 44.2 Å². The Hall–Kier alpha value is -0.480. The van der Waals surface area contributed by atoms with Crippen LogP contribution in [0.4, 0.5) is 0 Å². The number of nitrogens with one attached hydrogen (secondary N) is 1. The zero-order chi connectivity index (χ0) is 12.4. The maximum absolute atomic E-state index is 4.42. The highest BCUT2D eigenvalue weighted by atomic mass is 32.2. The zero-order valence-corrected chi connectivity index (χ0v) is 12.0. The van der Waals surface area contributed by atoms with E-state index < -0.39 is 0 Å². The van der Waals surface area contributed by atoms with E-state index in [1.54, 1.807) is 0 Å². The molecule has 2 fully saturated rings. The highest BCUT2D eigenvalue weighted by molar-refractivity contribution is 7.99. The van der Waals surface area contributed by atoms with E-state index in [-0.39, 0.29) is 0 Å². The molecule has 18 heavy (non-hydrogen) atoms. The van der Waals surface area contributed by atoms with Crippen LogP contribution in [0.5, 0.6) is 0 Å². The van der Waals surface area contributed by atoms with Gasteiger partial charge in [0.25, 0.3) is 0 Å². The molecule has 100 valence electrons. The van der Waals surface area contributed by atoms with Gasteiger partial charge < -0.3 is 9.88 Å². The SMILES string of the molecule is CSC1CCCC1n1cncc1C1CCCCN1.